The van der Waals surface area contributed by atoms with Crippen LogP contribution in [0, 0.1) is 10.8 Å². The average Bonchev–Trinajstić information content (AvgIpc) is 1.77. The molecule has 0 aromatic rings. The lowest BCUT2D eigenvalue weighted by Crippen LogP contribution is -2.79. The molecule has 2 bridgehead atoms. The van der Waals surface area contributed by atoms with E-state index in [-0.39, 0.29) is 11.0 Å². The van der Waals surface area contributed by atoms with E-state index in [9.17, 15) is 4.79 Å². The van der Waals surface area contributed by atoms with Crippen molar-refractivity contribution in [3.05, 3.63) is 0 Å². The van der Waals surface area contributed by atoms with Crippen LogP contribution >= 0.6 is 0 Å². The van der Waals surface area contributed by atoms with E-state index in [1.165, 1.54) is 6.42 Å². The zero-order valence-electron chi connectivity index (χ0n) is 8.23. The fourth-order valence-corrected chi connectivity index (χ4v) is 4.16. The maximum Gasteiger partial charge on any atom is 0.136 e. The molecule has 4 aliphatic rings. The van der Waals surface area contributed by atoms with Gasteiger partial charge in [0.2, 0.25) is 0 Å². The minimum absolute atomic E-state index is 0.0775. The van der Waals surface area contributed by atoms with Crippen LogP contribution in [0.2, 0.25) is 0 Å². The van der Waals surface area contributed by atoms with E-state index in [1.807, 2.05) is 0 Å². The summed E-state index contributed by atoms with van der Waals surface area (Å²) in [5, 5.41) is 0. The molecule has 0 aliphatic heterocycles. The van der Waals surface area contributed by atoms with Gasteiger partial charge < -0.3 is 5.73 Å². The van der Waals surface area contributed by atoms with Crippen molar-refractivity contribution in [3.8, 4) is 0 Å². The van der Waals surface area contributed by atoms with Gasteiger partial charge in [-0.3, -0.25) is 4.79 Å². The zero-order valence-corrected chi connectivity index (χ0v) is 8.23. The van der Waals surface area contributed by atoms with Gasteiger partial charge in [-0.2, -0.15) is 0 Å². The molecule has 2 N–H and O–H groups in total. The van der Waals surface area contributed by atoms with Crippen LogP contribution in [0.15, 0.2) is 0 Å². The van der Waals surface area contributed by atoms with E-state index < -0.39 is 0 Å². The highest BCUT2D eigenvalue weighted by molar-refractivity contribution is 5.85. The van der Waals surface area contributed by atoms with Crippen molar-refractivity contribution in [2.75, 3.05) is 0 Å². The summed E-state index contributed by atoms with van der Waals surface area (Å²) in [7, 11) is 0. The van der Waals surface area contributed by atoms with Gasteiger partial charge in [0.25, 0.3) is 0 Å². The van der Waals surface area contributed by atoms with Crippen molar-refractivity contribution in [3.63, 3.8) is 0 Å². The van der Waals surface area contributed by atoms with Gasteiger partial charge in [0, 0.05) is 11.0 Å². The summed E-state index contributed by atoms with van der Waals surface area (Å²) >= 11 is 0. The topological polar surface area (TPSA) is 43.1 Å². The van der Waals surface area contributed by atoms with Gasteiger partial charge in [0.05, 0.1) is 0 Å². The molecule has 0 atom stereocenters. The van der Waals surface area contributed by atoms with Crippen LogP contribution in [0.25, 0.3) is 0 Å². The highest BCUT2D eigenvalue weighted by Gasteiger charge is 2.75. The monoisotopic (exact) mass is 179 g/mol. The molecule has 2 nitrogen and oxygen atoms in total. The highest BCUT2D eigenvalue weighted by atomic mass is 16.1. The fourth-order valence-electron chi connectivity index (χ4n) is 4.16. The first kappa shape index (κ1) is 7.98. The number of hydrogen-bond donors (Lipinski definition) is 1. The number of carbonyl (C=O) groups is 1. The average molecular weight is 179 g/mol. The standard InChI is InChI=1S/C11H17NO/c1-8(13)11(3-2-4-11)9-5-10(12,6-9)7-9/h2-7,12H2,1H3. The van der Waals surface area contributed by atoms with Gasteiger partial charge >= 0.3 is 0 Å². The Morgan fingerprint density at radius 3 is 2.00 bits per heavy atom. The Bertz CT molecular complexity index is 271. The lowest BCUT2D eigenvalue weighted by atomic mass is 9.28. The lowest BCUT2D eigenvalue weighted by molar-refractivity contribution is -0.235. The molecule has 2 heteroatoms. The van der Waals surface area contributed by atoms with Crippen LogP contribution in [0.1, 0.15) is 45.4 Å². The highest BCUT2D eigenvalue weighted by Crippen LogP contribution is 2.77. The molecule has 0 radical (unpaired) electrons. The largest absolute Gasteiger partial charge is 0.325 e. The molecular weight excluding hydrogens is 162 g/mol. The van der Waals surface area contributed by atoms with Gasteiger partial charge in [0.15, 0.2) is 0 Å². The molecule has 13 heavy (non-hydrogen) atoms. The molecule has 0 amide bonds. The maximum atomic E-state index is 11.7. The van der Waals surface area contributed by atoms with Crippen molar-refractivity contribution < 1.29 is 4.79 Å². The van der Waals surface area contributed by atoms with Crippen molar-refractivity contribution in [1.29, 1.82) is 0 Å². The number of nitrogens with two attached hydrogens (primary N) is 1. The van der Waals surface area contributed by atoms with Gasteiger partial charge in [0.1, 0.15) is 5.78 Å². The molecule has 0 saturated heterocycles. The molecule has 4 aliphatic carbocycles. The molecule has 0 aromatic carbocycles. The summed E-state index contributed by atoms with van der Waals surface area (Å²) in [6.07, 6.45) is 6.90. The summed E-state index contributed by atoms with van der Waals surface area (Å²) in [5.41, 5.74) is 6.63. The Hall–Kier alpha value is -0.370. The summed E-state index contributed by atoms with van der Waals surface area (Å²) in [5.74, 6) is 0.431. The second-order valence-corrected chi connectivity index (χ2v) is 5.66. The summed E-state index contributed by atoms with van der Waals surface area (Å²) < 4.78 is 0. The normalized spacial score (nSPS) is 50.0. The number of Topliss-reactive ketones (excluding diaryl/α,β-unsaturated/α-hetero) is 1. The van der Waals surface area contributed by atoms with Crippen LogP contribution in [-0.4, -0.2) is 11.3 Å². The summed E-state index contributed by atoms with van der Waals surface area (Å²) in [6.45, 7) is 1.78. The van der Waals surface area contributed by atoms with E-state index in [4.69, 9.17) is 5.73 Å². The van der Waals surface area contributed by atoms with E-state index in [2.05, 4.69) is 0 Å². The van der Waals surface area contributed by atoms with Gasteiger partial charge in [-0.15, -0.1) is 0 Å². The first-order valence-electron chi connectivity index (χ1n) is 5.32. The predicted octanol–water partition coefficient (Wildman–Crippen LogP) is 1.63. The van der Waals surface area contributed by atoms with E-state index in [1.54, 1.807) is 6.92 Å². The van der Waals surface area contributed by atoms with Crippen molar-refractivity contribution in [2.45, 2.75) is 51.0 Å². The Morgan fingerprint density at radius 2 is 1.77 bits per heavy atom. The Labute approximate surface area is 78.9 Å². The molecule has 0 spiro atoms. The molecule has 4 rings (SSSR count). The predicted molar refractivity (Wildman–Crippen MR) is 50.2 cm³/mol. The van der Waals surface area contributed by atoms with Crippen molar-refractivity contribution >= 4 is 5.78 Å². The number of rotatable bonds is 2. The second-order valence-electron chi connectivity index (χ2n) is 5.66. The number of carbonyl (C=O) groups excluding carboxylic acids is 1. The number of hydrogen-bond acceptors (Lipinski definition) is 2. The Kier molecular flexibility index (Phi) is 1.14. The Balaban J connectivity index is 1.88. The minimum atomic E-state index is 0.0775. The lowest BCUT2D eigenvalue weighted by Gasteiger charge is -2.77. The first-order chi connectivity index (χ1) is 6.02. The van der Waals surface area contributed by atoms with Gasteiger partial charge in [-0.05, 0) is 44.4 Å². The van der Waals surface area contributed by atoms with E-state index in [0.29, 0.717) is 11.2 Å². The second kappa shape index (κ2) is 1.85. The summed E-state index contributed by atoms with van der Waals surface area (Å²) in [6, 6.07) is 0. The quantitative estimate of drug-likeness (QED) is 0.700. The van der Waals surface area contributed by atoms with Crippen molar-refractivity contribution in [1.82, 2.24) is 0 Å². The zero-order chi connectivity index (χ0) is 9.32. The third-order valence-electron chi connectivity index (χ3n) is 4.97. The van der Waals surface area contributed by atoms with Crippen LogP contribution in [-0.2, 0) is 4.79 Å². The third kappa shape index (κ3) is 0.653. The van der Waals surface area contributed by atoms with Crippen LogP contribution in [0.4, 0.5) is 0 Å². The van der Waals surface area contributed by atoms with Crippen LogP contribution in [0.3, 0.4) is 0 Å². The fraction of sp³-hybridized carbons (Fsp3) is 0.909. The number of ketones is 1. The molecule has 4 fully saturated rings. The van der Waals surface area contributed by atoms with Gasteiger partial charge in [-0.1, -0.05) is 6.42 Å². The van der Waals surface area contributed by atoms with E-state index >= 15 is 0 Å². The molecule has 4 saturated carbocycles. The SMILES string of the molecule is CC(=O)C1(C23CC(N)(C2)C3)CCC1. The van der Waals surface area contributed by atoms with Crippen molar-refractivity contribution in [2.24, 2.45) is 16.6 Å². The first-order valence-corrected chi connectivity index (χ1v) is 5.32. The van der Waals surface area contributed by atoms with Crippen LogP contribution in [0.5, 0.6) is 0 Å². The molecular formula is C11H17NO. The minimum Gasteiger partial charge on any atom is -0.325 e. The van der Waals surface area contributed by atoms with Gasteiger partial charge in [-0.25, -0.2) is 0 Å². The Morgan fingerprint density at radius 1 is 1.23 bits per heavy atom. The third-order valence-corrected chi connectivity index (χ3v) is 4.97. The van der Waals surface area contributed by atoms with E-state index in [0.717, 1.165) is 32.1 Å². The maximum absolute atomic E-state index is 11.7. The molecule has 0 aromatic heterocycles. The molecule has 0 heterocycles. The molecule has 0 unspecified atom stereocenters. The molecule has 72 valence electrons. The van der Waals surface area contributed by atoms with Crippen LogP contribution < -0.4 is 5.73 Å². The summed E-state index contributed by atoms with van der Waals surface area (Å²) in [4.78, 5) is 11.7. The smallest absolute Gasteiger partial charge is 0.136 e.